The molecular weight excluding hydrogens is 190 g/mol. The van der Waals surface area contributed by atoms with Gasteiger partial charge in [0.1, 0.15) is 5.54 Å². The van der Waals surface area contributed by atoms with Gasteiger partial charge >= 0.3 is 0 Å². The fraction of sp³-hybridized carbons (Fsp3) is 0.909. The van der Waals surface area contributed by atoms with Gasteiger partial charge in [0.2, 0.25) is 0 Å². The molecule has 1 aliphatic rings. The lowest BCUT2D eigenvalue weighted by molar-refractivity contribution is 0.151. The van der Waals surface area contributed by atoms with Crippen LogP contribution >= 0.6 is 0 Å². The Bertz CT molecular complexity index is 238. The van der Waals surface area contributed by atoms with Crippen molar-refractivity contribution in [2.45, 2.75) is 18.9 Å². The SMILES string of the molecule is CNC(C)(C#N)CN1CCC(COC)C1. The molecule has 1 heterocycles. The number of nitriles is 1. The summed E-state index contributed by atoms with van der Waals surface area (Å²) >= 11 is 0. The molecule has 0 aliphatic carbocycles. The first-order valence-corrected chi connectivity index (χ1v) is 5.45. The van der Waals surface area contributed by atoms with Gasteiger partial charge in [-0.15, -0.1) is 0 Å². The third-order valence-corrected chi connectivity index (χ3v) is 3.11. The van der Waals surface area contributed by atoms with Gasteiger partial charge in [-0.2, -0.15) is 5.26 Å². The zero-order chi connectivity index (χ0) is 11.3. The zero-order valence-corrected chi connectivity index (χ0v) is 9.92. The van der Waals surface area contributed by atoms with Gasteiger partial charge in [0, 0.05) is 20.2 Å². The number of methoxy groups -OCH3 is 1. The van der Waals surface area contributed by atoms with Crippen molar-refractivity contribution in [2.75, 3.05) is 40.4 Å². The van der Waals surface area contributed by atoms with E-state index >= 15 is 0 Å². The minimum atomic E-state index is -0.429. The number of likely N-dealkylation sites (tertiary alicyclic amines) is 1. The Balaban J connectivity index is 2.39. The maximum absolute atomic E-state index is 9.05. The Labute approximate surface area is 92.2 Å². The second kappa shape index (κ2) is 5.45. The van der Waals surface area contributed by atoms with E-state index in [-0.39, 0.29) is 0 Å². The van der Waals surface area contributed by atoms with Gasteiger partial charge in [0.15, 0.2) is 0 Å². The van der Waals surface area contributed by atoms with E-state index < -0.39 is 5.54 Å². The average molecular weight is 211 g/mol. The Morgan fingerprint density at radius 2 is 2.40 bits per heavy atom. The van der Waals surface area contributed by atoms with Crippen molar-refractivity contribution < 1.29 is 4.74 Å². The van der Waals surface area contributed by atoms with Crippen LogP contribution in [0, 0.1) is 17.2 Å². The highest BCUT2D eigenvalue weighted by molar-refractivity contribution is 5.05. The third kappa shape index (κ3) is 3.45. The number of hydrogen-bond acceptors (Lipinski definition) is 4. The highest BCUT2D eigenvalue weighted by Gasteiger charge is 2.29. The Morgan fingerprint density at radius 1 is 1.67 bits per heavy atom. The standard InChI is InChI=1S/C11H21N3O/c1-11(8-12,13-2)9-14-5-4-10(6-14)7-15-3/h10,13H,4-7,9H2,1-3H3. The summed E-state index contributed by atoms with van der Waals surface area (Å²) in [6.45, 7) is 5.69. The molecule has 0 aromatic carbocycles. The lowest BCUT2D eigenvalue weighted by atomic mass is 10.0. The summed E-state index contributed by atoms with van der Waals surface area (Å²) in [7, 11) is 3.58. The van der Waals surface area contributed by atoms with Gasteiger partial charge in [-0.3, -0.25) is 0 Å². The minimum Gasteiger partial charge on any atom is -0.384 e. The number of hydrogen-bond donors (Lipinski definition) is 1. The fourth-order valence-electron chi connectivity index (χ4n) is 2.05. The molecule has 86 valence electrons. The molecule has 0 amide bonds. The van der Waals surface area contributed by atoms with Crippen molar-refractivity contribution in [3.8, 4) is 6.07 Å². The van der Waals surface area contributed by atoms with Crippen molar-refractivity contribution in [3.63, 3.8) is 0 Å². The van der Waals surface area contributed by atoms with Crippen LogP contribution in [0.1, 0.15) is 13.3 Å². The van der Waals surface area contributed by atoms with Crippen LogP contribution in [-0.4, -0.2) is 50.8 Å². The molecule has 2 unspecified atom stereocenters. The summed E-state index contributed by atoms with van der Waals surface area (Å²) in [5, 5.41) is 12.1. The fourth-order valence-corrected chi connectivity index (χ4v) is 2.05. The van der Waals surface area contributed by atoms with Gasteiger partial charge < -0.3 is 15.0 Å². The first-order chi connectivity index (χ1) is 7.13. The maximum atomic E-state index is 9.05. The zero-order valence-electron chi connectivity index (χ0n) is 9.92. The Kier molecular flexibility index (Phi) is 4.52. The number of nitrogens with zero attached hydrogens (tertiary/aromatic N) is 2. The second-order valence-corrected chi connectivity index (χ2v) is 4.54. The van der Waals surface area contributed by atoms with Crippen molar-refractivity contribution >= 4 is 0 Å². The van der Waals surface area contributed by atoms with Crippen LogP contribution < -0.4 is 5.32 Å². The van der Waals surface area contributed by atoms with E-state index in [1.165, 1.54) is 6.42 Å². The minimum absolute atomic E-state index is 0.429. The Hall–Kier alpha value is -0.630. The van der Waals surface area contributed by atoms with Crippen LogP contribution in [0.4, 0.5) is 0 Å². The van der Waals surface area contributed by atoms with Crippen LogP contribution in [0.5, 0.6) is 0 Å². The normalized spacial score (nSPS) is 26.1. The molecule has 0 radical (unpaired) electrons. The van der Waals surface area contributed by atoms with Crippen molar-refractivity contribution in [2.24, 2.45) is 5.92 Å². The molecule has 0 spiro atoms. The number of rotatable bonds is 5. The van der Waals surface area contributed by atoms with Gasteiger partial charge in [-0.1, -0.05) is 0 Å². The average Bonchev–Trinajstić information content (AvgIpc) is 2.66. The molecule has 2 atom stereocenters. The molecule has 1 aliphatic heterocycles. The van der Waals surface area contributed by atoms with E-state index in [4.69, 9.17) is 10.00 Å². The molecule has 1 fully saturated rings. The molecule has 4 nitrogen and oxygen atoms in total. The van der Waals surface area contributed by atoms with E-state index in [0.29, 0.717) is 5.92 Å². The number of nitrogens with one attached hydrogen (secondary N) is 1. The Morgan fingerprint density at radius 3 is 2.93 bits per heavy atom. The van der Waals surface area contributed by atoms with Crippen molar-refractivity contribution in [1.29, 1.82) is 5.26 Å². The quantitative estimate of drug-likeness (QED) is 0.717. The van der Waals surface area contributed by atoms with Crippen molar-refractivity contribution in [3.05, 3.63) is 0 Å². The highest BCUT2D eigenvalue weighted by Crippen LogP contribution is 2.18. The number of likely N-dealkylation sites (N-methyl/N-ethyl adjacent to an activating group) is 1. The summed E-state index contributed by atoms with van der Waals surface area (Å²) in [5.74, 6) is 0.634. The van der Waals surface area contributed by atoms with Crippen LogP contribution in [-0.2, 0) is 4.74 Å². The second-order valence-electron chi connectivity index (χ2n) is 4.54. The predicted molar refractivity (Wildman–Crippen MR) is 59.5 cm³/mol. The summed E-state index contributed by atoms with van der Waals surface area (Å²) in [6, 6.07) is 2.32. The summed E-state index contributed by atoms with van der Waals surface area (Å²) in [6.07, 6.45) is 1.18. The predicted octanol–water partition coefficient (Wildman–Crippen LogP) is 0.456. The van der Waals surface area contributed by atoms with E-state index in [1.807, 2.05) is 14.0 Å². The third-order valence-electron chi connectivity index (χ3n) is 3.11. The summed E-state index contributed by atoms with van der Waals surface area (Å²) in [5.41, 5.74) is -0.429. The van der Waals surface area contributed by atoms with E-state index in [9.17, 15) is 0 Å². The molecular formula is C11H21N3O. The van der Waals surface area contributed by atoms with Gasteiger partial charge in [0.05, 0.1) is 12.7 Å². The first-order valence-electron chi connectivity index (χ1n) is 5.45. The first kappa shape index (κ1) is 12.4. The molecule has 0 bridgehead atoms. The lowest BCUT2D eigenvalue weighted by Crippen LogP contribution is -2.48. The molecule has 15 heavy (non-hydrogen) atoms. The molecule has 4 heteroatoms. The van der Waals surface area contributed by atoms with Crippen molar-refractivity contribution in [1.82, 2.24) is 10.2 Å². The van der Waals surface area contributed by atoms with Gasteiger partial charge in [-0.05, 0) is 32.9 Å². The molecule has 1 rings (SSSR count). The largest absolute Gasteiger partial charge is 0.384 e. The highest BCUT2D eigenvalue weighted by atomic mass is 16.5. The number of ether oxygens (including phenoxy) is 1. The molecule has 1 N–H and O–H groups in total. The molecule has 1 saturated heterocycles. The summed E-state index contributed by atoms with van der Waals surface area (Å²) in [4.78, 5) is 2.34. The van der Waals surface area contributed by atoms with E-state index in [1.54, 1.807) is 7.11 Å². The monoisotopic (exact) mass is 211 g/mol. The van der Waals surface area contributed by atoms with Gasteiger partial charge in [-0.25, -0.2) is 0 Å². The maximum Gasteiger partial charge on any atom is 0.116 e. The van der Waals surface area contributed by atoms with Crippen LogP contribution in [0.25, 0.3) is 0 Å². The summed E-state index contributed by atoms with van der Waals surface area (Å²) < 4.78 is 5.15. The smallest absolute Gasteiger partial charge is 0.116 e. The molecule has 0 aromatic rings. The van der Waals surface area contributed by atoms with Crippen LogP contribution in [0.15, 0.2) is 0 Å². The van der Waals surface area contributed by atoms with Gasteiger partial charge in [0.25, 0.3) is 0 Å². The molecule has 0 saturated carbocycles. The van der Waals surface area contributed by atoms with Crippen LogP contribution in [0.3, 0.4) is 0 Å². The van der Waals surface area contributed by atoms with E-state index in [2.05, 4.69) is 16.3 Å². The topological polar surface area (TPSA) is 48.3 Å². The van der Waals surface area contributed by atoms with Crippen LogP contribution in [0.2, 0.25) is 0 Å². The molecule has 0 aromatic heterocycles. The lowest BCUT2D eigenvalue weighted by Gasteiger charge is -2.27. The van der Waals surface area contributed by atoms with E-state index in [0.717, 1.165) is 26.2 Å².